The minimum Gasteiger partial charge on any atom is -0.493 e. The Labute approximate surface area is 225 Å². The van der Waals surface area contributed by atoms with Crippen molar-refractivity contribution in [1.29, 1.82) is 5.26 Å². The minimum absolute atomic E-state index is 0.0311. The molecule has 38 heavy (non-hydrogen) atoms. The van der Waals surface area contributed by atoms with Gasteiger partial charge < -0.3 is 24.8 Å². The maximum Gasteiger partial charge on any atom is 0.234 e. The number of pyridine rings is 1. The molecule has 0 spiro atoms. The van der Waals surface area contributed by atoms with Crippen molar-refractivity contribution in [3.05, 3.63) is 52.9 Å². The summed E-state index contributed by atoms with van der Waals surface area (Å²) in [6.45, 7) is 2.71. The van der Waals surface area contributed by atoms with Crippen LogP contribution in [0.3, 0.4) is 0 Å². The summed E-state index contributed by atoms with van der Waals surface area (Å²) < 4.78 is 31.5. The van der Waals surface area contributed by atoms with Gasteiger partial charge in [-0.3, -0.25) is 14.7 Å². The van der Waals surface area contributed by atoms with Gasteiger partial charge in [0.05, 0.1) is 47.7 Å². The lowest BCUT2D eigenvalue weighted by molar-refractivity contribution is -0.122. The molecule has 0 saturated carbocycles. The normalized spacial score (nSPS) is 14.2. The summed E-state index contributed by atoms with van der Waals surface area (Å²) in [5, 5.41) is 16.1. The summed E-state index contributed by atoms with van der Waals surface area (Å²) in [5.41, 5.74) is 1.32. The third kappa shape index (κ3) is 6.42. The van der Waals surface area contributed by atoms with Gasteiger partial charge >= 0.3 is 0 Å². The van der Waals surface area contributed by atoms with Crippen LogP contribution in [-0.2, 0) is 9.53 Å². The van der Waals surface area contributed by atoms with Gasteiger partial charge in [0.25, 0.3) is 0 Å². The van der Waals surface area contributed by atoms with Crippen molar-refractivity contribution in [3.63, 3.8) is 0 Å². The number of nitrogens with zero attached hydrogens (tertiary/aromatic N) is 3. The lowest BCUT2D eigenvalue weighted by atomic mass is 10.1. The Balaban J connectivity index is 1.53. The molecule has 0 radical (unpaired) electrons. The molecule has 2 aromatic carbocycles. The predicted octanol–water partition coefficient (Wildman–Crippen LogP) is 4.26. The second-order valence-corrected chi connectivity index (χ2v) is 9.25. The molecule has 0 bridgehead atoms. The zero-order valence-electron chi connectivity index (χ0n) is 21.2. The van der Waals surface area contributed by atoms with E-state index in [0.29, 0.717) is 60.9 Å². The van der Waals surface area contributed by atoms with Crippen LogP contribution in [0, 0.1) is 17.1 Å². The van der Waals surface area contributed by atoms with E-state index in [1.807, 2.05) is 0 Å². The lowest BCUT2D eigenvalue weighted by Crippen LogP contribution is -2.44. The number of methoxy groups -OCH3 is 2. The van der Waals surface area contributed by atoms with Gasteiger partial charge in [-0.15, -0.1) is 0 Å². The Kier molecular flexibility index (Phi) is 9.18. The van der Waals surface area contributed by atoms with Crippen LogP contribution in [0.2, 0.25) is 5.02 Å². The number of benzene rings is 2. The number of nitrogens with one attached hydrogen (secondary N) is 2. The summed E-state index contributed by atoms with van der Waals surface area (Å²) in [5.74, 6) is 0.332. The monoisotopic (exact) mass is 541 g/mol. The molecular weight excluding hydrogens is 513 g/mol. The van der Waals surface area contributed by atoms with Crippen LogP contribution in [0.5, 0.6) is 11.5 Å². The Hall–Kier alpha value is -3.65. The number of amides is 1. The summed E-state index contributed by atoms with van der Waals surface area (Å²) in [6.07, 6.45) is 2.78. The van der Waals surface area contributed by atoms with Gasteiger partial charge in [0.15, 0.2) is 17.3 Å². The highest BCUT2D eigenvalue weighted by Crippen LogP contribution is 2.39. The quantitative estimate of drug-likeness (QED) is 0.367. The number of halogens is 2. The molecule has 1 aliphatic heterocycles. The first-order valence-corrected chi connectivity index (χ1v) is 12.6. The van der Waals surface area contributed by atoms with E-state index in [-0.39, 0.29) is 28.3 Å². The van der Waals surface area contributed by atoms with E-state index in [0.717, 1.165) is 12.8 Å². The van der Waals surface area contributed by atoms with Crippen LogP contribution in [-0.4, -0.2) is 68.9 Å². The number of anilines is 2. The fraction of sp³-hybridized carbons (Fsp3) is 0.370. The predicted molar refractivity (Wildman–Crippen MR) is 143 cm³/mol. The molecular formula is C27H29ClFN5O4. The molecule has 11 heteroatoms. The molecule has 1 aromatic heterocycles. The molecule has 0 aliphatic carbocycles. The molecule has 9 nitrogen and oxygen atoms in total. The number of ether oxygens (including phenoxy) is 3. The first kappa shape index (κ1) is 27.4. The minimum atomic E-state index is -0.618. The molecule has 1 saturated heterocycles. The number of nitriles is 1. The number of carbonyl (C=O) groups is 1. The van der Waals surface area contributed by atoms with E-state index in [9.17, 15) is 14.4 Å². The van der Waals surface area contributed by atoms with Crippen molar-refractivity contribution in [3.8, 4) is 17.6 Å². The van der Waals surface area contributed by atoms with E-state index in [4.69, 9.17) is 25.8 Å². The largest absolute Gasteiger partial charge is 0.493 e. The second kappa shape index (κ2) is 12.7. The van der Waals surface area contributed by atoms with E-state index < -0.39 is 5.82 Å². The standard InChI is InChI=1S/C27H29ClFN5O4/c1-36-11-8-31-25(35)16-34-9-6-18(7-10-34)38-24-12-19-22(13-23(24)37-2)32-15-17(14-30)27(19)33-21-5-3-4-20(28)26(21)29/h3-5,12-13,15,18H,6-11,16H2,1-2H3,(H,31,35)(H,32,33). The molecule has 1 aliphatic rings. The molecule has 2 heterocycles. The Morgan fingerprint density at radius 3 is 2.76 bits per heavy atom. The fourth-order valence-corrected chi connectivity index (χ4v) is 4.50. The second-order valence-electron chi connectivity index (χ2n) is 8.84. The van der Waals surface area contributed by atoms with Crippen LogP contribution in [0.4, 0.5) is 15.8 Å². The van der Waals surface area contributed by atoms with Crippen LogP contribution >= 0.6 is 11.6 Å². The van der Waals surface area contributed by atoms with Gasteiger partial charge in [0, 0.05) is 44.4 Å². The van der Waals surface area contributed by atoms with Crippen molar-refractivity contribution >= 4 is 39.8 Å². The van der Waals surface area contributed by atoms with Gasteiger partial charge in [-0.1, -0.05) is 17.7 Å². The molecule has 0 unspecified atom stereocenters. The van der Waals surface area contributed by atoms with Crippen LogP contribution in [0.1, 0.15) is 18.4 Å². The van der Waals surface area contributed by atoms with E-state index in [1.165, 1.54) is 12.3 Å². The smallest absolute Gasteiger partial charge is 0.234 e. The van der Waals surface area contributed by atoms with Gasteiger partial charge in [-0.05, 0) is 31.0 Å². The molecule has 200 valence electrons. The highest BCUT2D eigenvalue weighted by Gasteiger charge is 2.24. The molecule has 0 atom stereocenters. The number of aromatic nitrogens is 1. The highest BCUT2D eigenvalue weighted by molar-refractivity contribution is 6.31. The highest BCUT2D eigenvalue weighted by atomic mass is 35.5. The van der Waals surface area contributed by atoms with Gasteiger partial charge in [-0.25, -0.2) is 4.39 Å². The summed E-state index contributed by atoms with van der Waals surface area (Å²) in [7, 11) is 3.14. The molecule has 2 N–H and O–H groups in total. The first-order chi connectivity index (χ1) is 18.4. The van der Waals surface area contributed by atoms with Crippen molar-refractivity contribution in [2.24, 2.45) is 0 Å². The van der Waals surface area contributed by atoms with Crippen LogP contribution < -0.4 is 20.1 Å². The number of piperidine rings is 1. The van der Waals surface area contributed by atoms with Crippen molar-refractivity contribution in [1.82, 2.24) is 15.2 Å². The molecule has 1 amide bonds. The number of rotatable bonds is 10. The average Bonchev–Trinajstić information content (AvgIpc) is 2.92. The molecule has 4 rings (SSSR count). The van der Waals surface area contributed by atoms with Crippen molar-refractivity contribution < 1.29 is 23.4 Å². The van der Waals surface area contributed by atoms with Gasteiger partial charge in [0.1, 0.15) is 12.2 Å². The molecule has 1 fully saturated rings. The summed E-state index contributed by atoms with van der Waals surface area (Å²) in [6, 6.07) is 10.2. The SMILES string of the molecule is COCCNC(=O)CN1CCC(Oc2cc3c(Nc4cccc(Cl)c4F)c(C#N)cnc3cc2OC)CC1. The third-order valence-corrected chi connectivity index (χ3v) is 6.60. The maximum absolute atomic E-state index is 14.6. The summed E-state index contributed by atoms with van der Waals surface area (Å²) >= 11 is 5.95. The zero-order valence-corrected chi connectivity index (χ0v) is 22.0. The van der Waals surface area contributed by atoms with Gasteiger partial charge in [-0.2, -0.15) is 5.26 Å². The van der Waals surface area contributed by atoms with Crippen molar-refractivity contribution in [2.75, 3.05) is 52.3 Å². The Morgan fingerprint density at radius 1 is 1.26 bits per heavy atom. The van der Waals surface area contributed by atoms with Crippen LogP contribution in [0.25, 0.3) is 10.9 Å². The number of fused-ring (bicyclic) bond motifs is 1. The first-order valence-electron chi connectivity index (χ1n) is 12.2. The number of hydrogen-bond donors (Lipinski definition) is 2. The summed E-state index contributed by atoms with van der Waals surface area (Å²) in [4.78, 5) is 18.6. The van der Waals surface area contributed by atoms with E-state index in [1.54, 1.807) is 38.5 Å². The lowest BCUT2D eigenvalue weighted by Gasteiger charge is -2.32. The fourth-order valence-electron chi connectivity index (χ4n) is 4.32. The maximum atomic E-state index is 14.6. The Morgan fingerprint density at radius 2 is 2.05 bits per heavy atom. The third-order valence-electron chi connectivity index (χ3n) is 6.31. The van der Waals surface area contributed by atoms with Gasteiger partial charge in [0.2, 0.25) is 5.91 Å². The molecule has 3 aromatic rings. The van der Waals surface area contributed by atoms with Crippen molar-refractivity contribution in [2.45, 2.75) is 18.9 Å². The number of likely N-dealkylation sites (tertiary alicyclic amines) is 1. The average molecular weight is 542 g/mol. The van der Waals surface area contributed by atoms with E-state index >= 15 is 0 Å². The Bertz CT molecular complexity index is 1340. The number of hydrogen-bond acceptors (Lipinski definition) is 8. The topological polar surface area (TPSA) is 109 Å². The van der Waals surface area contributed by atoms with Crippen LogP contribution in [0.15, 0.2) is 36.5 Å². The van der Waals surface area contributed by atoms with E-state index in [2.05, 4.69) is 26.6 Å². The number of carbonyl (C=O) groups excluding carboxylic acids is 1. The zero-order chi connectivity index (χ0) is 27.1.